The maximum Gasteiger partial charge on any atom is 0.255 e. The average Bonchev–Trinajstić information content (AvgIpc) is 3.43. The topological polar surface area (TPSA) is 41.6 Å². The van der Waals surface area contributed by atoms with E-state index in [9.17, 15) is 4.79 Å². The van der Waals surface area contributed by atoms with Gasteiger partial charge in [-0.2, -0.15) is 11.3 Å². The van der Waals surface area contributed by atoms with Gasteiger partial charge in [0.1, 0.15) is 5.75 Å². The molecule has 4 nitrogen and oxygen atoms in total. The van der Waals surface area contributed by atoms with Gasteiger partial charge in [-0.1, -0.05) is 30.3 Å². The summed E-state index contributed by atoms with van der Waals surface area (Å²) in [7, 11) is 0. The summed E-state index contributed by atoms with van der Waals surface area (Å²) in [4.78, 5) is 15.7. The summed E-state index contributed by atoms with van der Waals surface area (Å²) in [6.07, 6.45) is 2.46. The molecule has 2 aromatic carbocycles. The van der Waals surface area contributed by atoms with Crippen molar-refractivity contribution in [1.82, 2.24) is 10.2 Å². The summed E-state index contributed by atoms with van der Waals surface area (Å²) in [6, 6.07) is 14.3. The van der Waals surface area contributed by atoms with Crippen molar-refractivity contribution in [1.29, 1.82) is 0 Å². The van der Waals surface area contributed by atoms with Crippen molar-refractivity contribution in [3.05, 3.63) is 64.4 Å². The first-order valence-corrected chi connectivity index (χ1v) is 10.9. The van der Waals surface area contributed by atoms with E-state index < -0.39 is 0 Å². The lowest BCUT2D eigenvalue weighted by atomic mass is 10.0. The van der Waals surface area contributed by atoms with Crippen molar-refractivity contribution in [3.8, 4) is 5.75 Å². The van der Waals surface area contributed by atoms with Crippen molar-refractivity contribution in [2.24, 2.45) is 0 Å². The second-order valence-corrected chi connectivity index (χ2v) is 7.90. The van der Waals surface area contributed by atoms with Gasteiger partial charge in [0, 0.05) is 6.54 Å². The largest absolute Gasteiger partial charge is 0.493 e. The van der Waals surface area contributed by atoms with Crippen LogP contribution in [0.1, 0.15) is 41.7 Å². The third-order valence-electron chi connectivity index (χ3n) is 5.38. The van der Waals surface area contributed by atoms with Gasteiger partial charge in [-0.15, -0.1) is 0 Å². The monoisotopic (exact) mass is 394 g/mol. The summed E-state index contributed by atoms with van der Waals surface area (Å²) < 4.78 is 5.78. The van der Waals surface area contributed by atoms with E-state index in [1.165, 1.54) is 18.4 Å². The number of fused-ring (bicyclic) bond motifs is 1. The van der Waals surface area contributed by atoms with Gasteiger partial charge in [-0.25, -0.2) is 0 Å². The molecule has 1 fully saturated rings. The van der Waals surface area contributed by atoms with E-state index >= 15 is 0 Å². The highest BCUT2D eigenvalue weighted by atomic mass is 32.1. The van der Waals surface area contributed by atoms with Crippen molar-refractivity contribution in [2.75, 3.05) is 26.2 Å². The molecule has 1 aromatic heterocycles. The quantitative estimate of drug-likeness (QED) is 0.622. The summed E-state index contributed by atoms with van der Waals surface area (Å²) in [5, 5.41) is 9.48. The number of hydrogen-bond acceptors (Lipinski definition) is 4. The van der Waals surface area contributed by atoms with Crippen LogP contribution in [0.3, 0.4) is 0 Å². The highest BCUT2D eigenvalue weighted by molar-refractivity contribution is 7.08. The van der Waals surface area contributed by atoms with Gasteiger partial charge in [-0.05, 0) is 72.1 Å². The molecule has 1 amide bonds. The summed E-state index contributed by atoms with van der Waals surface area (Å²) in [5.41, 5.74) is 1.92. The van der Waals surface area contributed by atoms with Gasteiger partial charge in [0.05, 0.1) is 18.2 Å². The average molecular weight is 395 g/mol. The highest BCUT2D eigenvalue weighted by Gasteiger charge is 2.25. The smallest absolute Gasteiger partial charge is 0.255 e. The van der Waals surface area contributed by atoms with Crippen LogP contribution in [0.15, 0.2) is 53.2 Å². The van der Waals surface area contributed by atoms with Crippen molar-refractivity contribution in [3.63, 3.8) is 0 Å². The second-order valence-electron chi connectivity index (χ2n) is 7.12. The Morgan fingerprint density at radius 1 is 1.18 bits per heavy atom. The zero-order valence-corrected chi connectivity index (χ0v) is 17.0. The number of rotatable bonds is 7. The van der Waals surface area contributed by atoms with E-state index in [0.717, 1.165) is 23.9 Å². The number of nitrogens with zero attached hydrogens (tertiary/aromatic N) is 1. The number of carbonyl (C=O) groups excluding carboxylic acids is 1. The molecule has 146 valence electrons. The first-order valence-electron chi connectivity index (χ1n) is 9.97. The number of nitrogens with one attached hydrogen (secondary N) is 1. The zero-order chi connectivity index (χ0) is 19.3. The Kier molecular flexibility index (Phi) is 5.93. The Labute approximate surface area is 170 Å². The van der Waals surface area contributed by atoms with E-state index in [4.69, 9.17) is 4.74 Å². The number of likely N-dealkylation sites (tertiary alicyclic amines) is 1. The number of thiophene rings is 1. The van der Waals surface area contributed by atoms with Crippen LogP contribution in [0.4, 0.5) is 0 Å². The molecule has 1 aliphatic heterocycles. The number of ether oxygens (including phenoxy) is 1. The maximum absolute atomic E-state index is 13.2. The summed E-state index contributed by atoms with van der Waals surface area (Å²) in [6.45, 7) is 5.26. The van der Waals surface area contributed by atoms with Crippen molar-refractivity contribution in [2.45, 2.75) is 25.8 Å². The SMILES string of the molecule is CCOc1ccc2ccccc2c1C(=O)NCC(c1ccsc1)N1CCCC1. The minimum atomic E-state index is -0.0697. The molecule has 5 heteroatoms. The fraction of sp³-hybridized carbons (Fsp3) is 0.348. The molecule has 0 saturated carbocycles. The second kappa shape index (κ2) is 8.76. The molecule has 0 bridgehead atoms. The van der Waals surface area contributed by atoms with Crippen LogP contribution >= 0.6 is 11.3 Å². The van der Waals surface area contributed by atoms with Gasteiger partial charge in [0.25, 0.3) is 5.91 Å². The molecular weight excluding hydrogens is 368 g/mol. The van der Waals surface area contributed by atoms with E-state index in [2.05, 4.69) is 27.0 Å². The van der Waals surface area contributed by atoms with Gasteiger partial charge in [-0.3, -0.25) is 9.69 Å². The third-order valence-corrected chi connectivity index (χ3v) is 6.08. The van der Waals surface area contributed by atoms with Crippen molar-refractivity contribution >= 4 is 28.0 Å². The van der Waals surface area contributed by atoms with E-state index in [0.29, 0.717) is 24.5 Å². The van der Waals surface area contributed by atoms with Crippen LogP contribution < -0.4 is 10.1 Å². The van der Waals surface area contributed by atoms with Gasteiger partial charge < -0.3 is 10.1 Å². The Morgan fingerprint density at radius 3 is 2.75 bits per heavy atom. The fourth-order valence-electron chi connectivity index (χ4n) is 4.01. The standard InChI is InChI=1S/C23H26N2O2S/c1-2-27-21-10-9-17-7-3-4-8-19(17)22(21)23(26)24-15-20(18-11-14-28-16-18)25-12-5-6-13-25/h3-4,7-11,14,16,20H,2,5-6,12-13,15H2,1H3,(H,24,26). The van der Waals surface area contributed by atoms with Crippen LogP contribution in [-0.4, -0.2) is 37.0 Å². The molecule has 0 aliphatic carbocycles. The summed E-state index contributed by atoms with van der Waals surface area (Å²) in [5.74, 6) is 0.576. The molecule has 0 spiro atoms. The normalized spacial score (nSPS) is 15.6. The van der Waals surface area contributed by atoms with E-state index in [1.54, 1.807) is 11.3 Å². The lowest BCUT2D eigenvalue weighted by molar-refractivity contribution is 0.0936. The van der Waals surface area contributed by atoms with Gasteiger partial charge in [0.15, 0.2) is 0 Å². The first-order chi connectivity index (χ1) is 13.8. The molecule has 4 rings (SSSR count). The Morgan fingerprint density at radius 2 is 2.00 bits per heavy atom. The van der Waals surface area contributed by atoms with Crippen LogP contribution in [0.25, 0.3) is 10.8 Å². The number of carbonyl (C=O) groups is 1. The maximum atomic E-state index is 13.2. The van der Waals surface area contributed by atoms with Gasteiger partial charge in [0.2, 0.25) is 0 Å². The minimum absolute atomic E-state index is 0.0697. The lowest BCUT2D eigenvalue weighted by Gasteiger charge is -2.27. The zero-order valence-electron chi connectivity index (χ0n) is 16.2. The first kappa shape index (κ1) is 19.0. The number of benzene rings is 2. The number of amides is 1. The van der Waals surface area contributed by atoms with Crippen LogP contribution in [-0.2, 0) is 0 Å². The van der Waals surface area contributed by atoms with Crippen molar-refractivity contribution < 1.29 is 9.53 Å². The Balaban J connectivity index is 1.59. The van der Waals surface area contributed by atoms with E-state index in [1.807, 2.05) is 43.3 Å². The summed E-state index contributed by atoms with van der Waals surface area (Å²) >= 11 is 1.71. The van der Waals surface area contributed by atoms with Crippen LogP contribution in [0.5, 0.6) is 5.75 Å². The number of hydrogen-bond donors (Lipinski definition) is 1. The van der Waals surface area contributed by atoms with E-state index in [-0.39, 0.29) is 11.9 Å². The van der Waals surface area contributed by atoms with Crippen LogP contribution in [0, 0.1) is 0 Å². The minimum Gasteiger partial charge on any atom is -0.493 e. The molecule has 3 aromatic rings. The molecule has 1 aliphatic rings. The molecular formula is C23H26N2O2S. The molecule has 2 heterocycles. The van der Waals surface area contributed by atoms with Crippen LogP contribution in [0.2, 0.25) is 0 Å². The molecule has 28 heavy (non-hydrogen) atoms. The predicted molar refractivity (Wildman–Crippen MR) is 115 cm³/mol. The fourth-order valence-corrected chi connectivity index (χ4v) is 4.72. The Bertz CT molecular complexity index is 933. The molecule has 1 N–H and O–H groups in total. The molecule has 1 atom stereocenters. The predicted octanol–water partition coefficient (Wildman–Crippen LogP) is 4.87. The molecule has 1 unspecified atom stereocenters. The Hall–Kier alpha value is -2.37. The third kappa shape index (κ3) is 3.91. The molecule has 0 radical (unpaired) electrons. The van der Waals surface area contributed by atoms with Gasteiger partial charge >= 0.3 is 0 Å². The highest BCUT2D eigenvalue weighted by Crippen LogP contribution is 2.29. The molecule has 1 saturated heterocycles. The lowest BCUT2D eigenvalue weighted by Crippen LogP contribution is -2.36.